The van der Waals surface area contributed by atoms with Crippen molar-refractivity contribution in [1.29, 1.82) is 0 Å². The predicted octanol–water partition coefficient (Wildman–Crippen LogP) is 3.76. The number of aliphatic hydroxyl groups excluding tert-OH is 1. The lowest BCUT2D eigenvalue weighted by Crippen LogP contribution is -2.28. The Bertz CT molecular complexity index is 431. The first-order valence-electron chi connectivity index (χ1n) is 7.75. The lowest BCUT2D eigenvalue weighted by molar-refractivity contribution is 0.140. The molecule has 0 saturated carbocycles. The fourth-order valence-electron chi connectivity index (χ4n) is 3.25. The minimum Gasteiger partial charge on any atom is -0.388 e. The summed E-state index contributed by atoms with van der Waals surface area (Å²) in [5, 5.41) is 10.1. The zero-order valence-electron chi connectivity index (χ0n) is 12.6. The molecule has 1 aliphatic rings. The van der Waals surface area contributed by atoms with Gasteiger partial charge in [0.05, 0.1) is 6.10 Å². The first-order chi connectivity index (χ1) is 9.60. The van der Waals surface area contributed by atoms with Crippen LogP contribution in [-0.4, -0.2) is 29.6 Å². The van der Waals surface area contributed by atoms with Gasteiger partial charge >= 0.3 is 0 Å². The second-order valence-electron chi connectivity index (χ2n) is 6.06. The van der Waals surface area contributed by atoms with Crippen molar-refractivity contribution in [3.8, 4) is 0 Å². The van der Waals surface area contributed by atoms with Gasteiger partial charge in [-0.15, -0.1) is 0 Å². The number of benzene rings is 1. The molecule has 0 aromatic heterocycles. The van der Waals surface area contributed by atoms with Crippen LogP contribution in [0.2, 0.25) is 0 Å². The van der Waals surface area contributed by atoms with Gasteiger partial charge < -0.3 is 10.0 Å². The lowest BCUT2D eigenvalue weighted by Gasteiger charge is -2.26. The van der Waals surface area contributed by atoms with Gasteiger partial charge in [0.1, 0.15) is 5.82 Å². The molecular weight excluding hydrogens is 253 g/mol. The van der Waals surface area contributed by atoms with Gasteiger partial charge in [-0.25, -0.2) is 4.39 Å². The predicted molar refractivity (Wildman–Crippen MR) is 80.0 cm³/mol. The van der Waals surface area contributed by atoms with Gasteiger partial charge in [0, 0.05) is 18.7 Å². The summed E-state index contributed by atoms with van der Waals surface area (Å²) >= 11 is 0. The SMILES string of the molecule is CCC1(CC)CCN(CCC(O)c2ccccc2F)C1. The van der Waals surface area contributed by atoms with E-state index >= 15 is 0 Å². The molecule has 2 rings (SSSR count). The third-order valence-corrected chi connectivity index (χ3v) is 5.00. The van der Waals surface area contributed by atoms with Crippen molar-refractivity contribution in [3.63, 3.8) is 0 Å². The topological polar surface area (TPSA) is 23.5 Å². The van der Waals surface area contributed by atoms with E-state index in [2.05, 4.69) is 18.7 Å². The molecule has 20 heavy (non-hydrogen) atoms. The van der Waals surface area contributed by atoms with Gasteiger partial charge in [0.2, 0.25) is 0 Å². The second-order valence-corrected chi connectivity index (χ2v) is 6.06. The van der Waals surface area contributed by atoms with Gasteiger partial charge in [-0.05, 0) is 43.7 Å². The van der Waals surface area contributed by atoms with Crippen molar-refractivity contribution < 1.29 is 9.50 Å². The number of rotatable bonds is 6. The Morgan fingerprint density at radius 2 is 2.00 bits per heavy atom. The Morgan fingerprint density at radius 1 is 1.30 bits per heavy atom. The van der Waals surface area contributed by atoms with Gasteiger partial charge in [-0.2, -0.15) is 0 Å². The van der Waals surface area contributed by atoms with Crippen molar-refractivity contribution in [2.75, 3.05) is 19.6 Å². The largest absolute Gasteiger partial charge is 0.388 e. The summed E-state index contributed by atoms with van der Waals surface area (Å²) in [6.07, 6.45) is 3.58. The molecule has 1 heterocycles. The normalized spacial score (nSPS) is 20.2. The van der Waals surface area contributed by atoms with Crippen molar-refractivity contribution >= 4 is 0 Å². The molecule has 1 saturated heterocycles. The van der Waals surface area contributed by atoms with Gasteiger partial charge in [-0.3, -0.25) is 0 Å². The van der Waals surface area contributed by atoms with Crippen LogP contribution in [0.1, 0.15) is 51.2 Å². The Morgan fingerprint density at radius 3 is 2.60 bits per heavy atom. The highest BCUT2D eigenvalue weighted by Gasteiger charge is 2.34. The molecule has 3 heteroatoms. The minimum absolute atomic E-state index is 0.308. The Balaban J connectivity index is 1.86. The average molecular weight is 279 g/mol. The summed E-state index contributed by atoms with van der Waals surface area (Å²) in [5.74, 6) is -0.308. The first-order valence-corrected chi connectivity index (χ1v) is 7.75. The zero-order valence-corrected chi connectivity index (χ0v) is 12.6. The van der Waals surface area contributed by atoms with Crippen molar-refractivity contribution in [2.24, 2.45) is 5.41 Å². The van der Waals surface area contributed by atoms with E-state index in [1.807, 2.05) is 0 Å². The highest BCUT2D eigenvalue weighted by Crippen LogP contribution is 2.37. The number of hydrogen-bond donors (Lipinski definition) is 1. The van der Waals surface area contributed by atoms with Crippen LogP contribution in [0.5, 0.6) is 0 Å². The molecular formula is C17H26FNO. The molecule has 1 aromatic carbocycles. The molecule has 1 atom stereocenters. The Hall–Kier alpha value is -0.930. The van der Waals surface area contributed by atoms with Crippen molar-refractivity contribution in [2.45, 2.75) is 45.6 Å². The lowest BCUT2D eigenvalue weighted by atomic mass is 9.82. The molecule has 112 valence electrons. The molecule has 0 radical (unpaired) electrons. The van der Waals surface area contributed by atoms with E-state index in [1.165, 1.54) is 25.3 Å². The third kappa shape index (κ3) is 3.39. The van der Waals surface area contributed by atoms with E-state index in [4.69, 9.17) is 0 Å². The Labute approximate surface area is 121 Å². The summed E-state index contributed by atoms with van der Waals surface area (Å²) in [7, 11) is 0. The molecule has 1 aliphatic heterocycles. The van der Waals surface area contributed by atoms with E-state index in [1.54, 1.807) is 18.2 Å². The van der Waals surface area contributed by atoms with E-state index in [0.29, 0.717) is 17.4 Å². The van der Waals surface area contributed by atoms with Gasteiger partial charge in [0.15, 0.2) is 0 Å². The fraction of sp³-hybridized carbons (Fsp3) is 0.647. The van der Waals surface area contributed by atoms with E-state index < -0.39 is 6.10 Å². The molecule has 0 bridgehead atoms. The number of halogens is 1. The van der Waals surface area contributed by atoms with E-state index in [9.17, 15) is 9.50 Å². The van der Waals surface area contributed by atoms with Gasteiger partial charge in [-0.1, -0.05) is 32.0 Å². The molecule has 2 nitrogen and oxygen atoms in total. The van der Waals surface area contributed by atoms with Crippen LogP contribution in [-0.2, 0) is 0 Å². The van der Waals surface area contributed by atoms with E-state index in [-0.39, 0.29) is 5.82 Å². The zero-order chi connectivity index (χ0) is 14.6. The molecule has 1 fully saturated rings. The van der Waals surface area contributed by atoms with Gasteiger partial charge in [0.25, 0.3) is 0 Å². The number of hydrogen-bond acceptors (Lipinski definition) is 2. The van der Waals surface area contributed by atoms with Crippen LogP contribution in [0, 0.1) is 11.2 Å². The standard InChI is InChI=1S/C17H26FNO/c1-3-17(4-2)10-12-19(13-17)11-9-16(20)14-7-5-6-8-15(14)18/h5-8,16,20H,3-4,9-13H2,1-2H3. The van der Waals surface area contributed by atoms with Crippen LogP contribution in [0.25, 0.3) is 0 Å². The molecule has 1 unspecified atom stereocenters. The quantitative estimate of drug-likeness (QED) is 0.857. The van der Waals surface area contributed by atoms with Crippen LogP contribution in [0.15, 0.2) is 24.3 Å². The van der Waals surface area contributed by atoms with Crippen LogP contribution in [0.3, 0.4) is 0 Å². The number of nitrogens with zero attached hydrogens (tertiary/aromatic N) is 1. The molecule has 0 spiro atoms. The number of aliphatic hydroxyl groups is 1. The minimum atomic E-state index is -0.700. The molecule has 0 amide bonds. The van der Waals surface area contributed by atoms with Crippen molar-refractivity contribution in [3.05, 3.63) is 35.6 Å². The first kappa shape index (κ1) is 15.5. The maximum absolute atomic E-state index is 13.6. The van der Waals surface area contributed by atoms with E-state index in [0.717, 1.165) is 19.6 Å². The summed E-state index contributed by atoms with van der Waals surface area (Å²) in [6, 6.07) is 6.51. The average Bonchev–Trinajstić information content (AvgIpc) is 2.89. The number of likely N-dealkylation sites (tertiary alicyclic amines) is 1. The smallest absolute Gasteiger partial charge is 0.128 e. The maximum atomic E-state index is 13.6. The Kier molecular flexibility index (Phi) is 5.17. The monoisotopic (exact) mass is 279 g/mol. The second kappa shape index (κ2) is 6.68. The van der Waals surface area contributed by atoms with Crippen molar-refractivity contribution in [1.82, 2.24) is 4.90 Å². The molecule has 1 N–H and O–H groups in total. The summed E-state index contributed by atoms with van der Waals surface area (Å²) in [6.45, 7) is 7.59. The van der Waals surface area contributed by atoms with Crippen LogP contribution in [0.4, 0.5) is 4.39 Å². The van der Waals surface area contributed by atoms with Crippen LogP contribution < -0.4 is 0 Å². The molecule has 1 aromatic rings. The third-order valence-electron chi connectivity index (χ3n) is 5.00. The fourth-order valence-corrected chi connectivity index (χ4v) is 3.25. The molecule has 0 aliphatic carbocycles. The highest BCUT2D eigenvalue weighted by atomic mass is 19.1. The van der Waals surface area contributed by atoms with Crippen LogP contribution >= 0.6 is 0 Å². The summed E-state index contributed by atoms with van der Waals surface area (Å²) < 4.78 is 13.6. The summed E-state index contributed by atoms with van der Waals surface area (Å²) in [4.78, 5) is 2.41. The summed E-state index contributed by atoms with van der Waals surface area (Å²) in [5.41, 5.74) is 0.882. The highest BCUT2D eigenvalue weighted by molar-refractivity contribution is 5.19. The maximum Gasteiger partial charge on any atom is 0.128 e.